The Morgan fingerprint density at radius 3 is 2.39 bits per heavy atom. The van der Waals surface area contributed by atoms with Gasteiger partial charge in [-0.25, -0.2) is 0 Å². The Labute approximate surface area is 143 Å². The molecule has 0 bridgehead atoms. The number of allylic oxidation sites excluding steroid dienone is 1. The maximum atomic E-state index is 2.41. The Morgan fingerprint density at radius 2 is 1.65 bits per heavy atom. The van der Waals surface area contributed by atoms with E-state index in [-0.39, 0.29) is 0 Å². The van der Waals surface area contributed by atoms with Crippen LogP contribution in [0.1, 0.15) is 81.9 Å². The summed E-state index contributed by atoms with van der Waals surface area (Å²) in [6.45, 7) is 4.47. The number of fused-ring (bicyclic) bond motifs is 1. The number of aryl methyl sites for hydroxylation is 1. The Balaban J connectivity index is 1.48. The molecule has 0 radical (unpaired) electrons. The lowest BCUT2D eigenvalue weighted by Crippen LogP contribution is -2.18. The van der Waals surface area contributed by atoms with Crippen LogP contribution >= 0.6 is 0 Å². The van der Waals surface area contributed by atoms with Crippen molar-refractivity contribution in [3.8, 4) is 0 Å². The smallest absolute Gasteiger partial charge is 0.0248 e. The van der Waals surface area contributed by atoms with Crippen LogP contribution in [0.5, 0.6) is 0 Å². The Morgan fingerprint density at radius 1 is 0.913 bits per heavy atom. The molecular weight excluding hydrogens is 276 g/mol. The predicted octanol–water partition coefficient (Wildman–Crippen LogP) is 6.82. The molecule has 126 valence electrons. The molecule has 3 rings (SSSR count). The molecule has 1 fully saturated rings. The molecule has 1 aromatic rings. The summed E-state index contributed by atoms with van der Waals surface area (Å²) in [5.74, 6) is 3.02. The van der Waals surface area contributed by atoms with Crippen LogP contribution in [0.15, 0.2) is 24.3 Å². The lowest BCUT2D eigenvalue weighted by molar-refractivity contribution is 0.241. The quantitative estimate of drug-likeness (QED) is 0.559. The van der Waals surface area contributed by atoms with E-state index in [4.69, 9.17) is 0 Å². The number of hydrogen-bond donors (Lipinski definition) is 0. The van der Waals surface area contributed by atoms with Crippen molar-refractivity contribution in [2.75, 3.05) is 0 Å². The van der Waals surface area contributed by atoms with Crippen LogP contribution in [0.3, 0.4) is 0 Å². The van der Waals surface area contributed by atoms with Gasteiger partial charge in [-0.2, -0.15) is 0 Å². The van der Waals surface area contributed by atoms with E-state index in [0.29, 0.717) is 0 Å². The van der Waals surface area contributed by atoms with Crippen molar-refractivity contribution in [2.24, 2.45) is 17.8 Å². The van der Waals surface area contributed by atoms with E-state index in [1.807, 2.05) is 0 Å². The Hall–Kier alpha value is -1.04. The minimum atomic E-state index is 0.943. The van der Waals surface area contributed by atoms with Crippen LogP contribution in [0, 0.1) is 17.8 Å². The molecule has 2 aliphatic rings. The zero-order chi connectivity index (χ0) is 16.1. The summed E-state index contributed by atoms with van der Waals surface area (Å²) in [6.07, 6.45) is 18.8. The Bertz CT molecular complexity index is 517. The molecule has 2 aliphatic carbocycles. The van der Waals surface area contributed by atoms with Gasteiger partial charge in [0.2, 0.25) is 0 Å². The molecule has 0 heteroatoms. The van der Waals surface area contributed by atoms with Crippen molar-refractivity contribution >= 4 is 6.08 Å². The van der Waals surface area contributed by atoms with Crippen molar-refractivity contribution in [3.05, 3.63) is 41.0 Å². The summed E-state index contributed by atoms with van der Waals surface area (Å²) in [6, 6.07) is 7.11. The number of hydrogen-bond acceptors (Lipinski definition) is 0. The van der Waals surface area contributed by atoms with E-state index in [1.54, 1.807) is 11.1 Å². The summed E-state index contributed by atoms with van der Waals surface area (Å²) < 4.78 is 0. The third-order valence-electron chi connectivity index (χ3n) is 6.45. The molecule has 0 spiro atoms. The largest absolute Gasteiger partial charge is 0.0871 e. The molecule has 0 aromatic heterocycles. The lowest BCUT2D eigenvalue weighted by atomic mass is 9.75. The van der Waals surface area contributed by atoms with E-state index in [1.165, 1.54) is 69.8 Å². The SMILES string of the molecule is C/C=C/c1ccc2c(c1)CCC(CCC1CCC(CC)CC1)C2. The van der Waals surface area contributed by atoms with Gasteiger partial charge in [-0.3, -0.25) is 0 Å². The minimum Gasteiger partial charge on any atom is -0.0871 e. The second-order valence-electron chi connectivity index (χ2n) is 8.01. The molecule has 23 heavy (non-hydrogen) atoms. The van der Waals surface area contributed by atoms with Crippen molar-refractivity contribution in [1.82, 2.24) is 0 Å². The fourth-order valence-corrected chi connectivity index (χ4v) is 4.79. The van der Waals surface area contributed by atoms with E-state index in [9.17, 15) is 0 Å². The van der Waals surface area contributed by atoms with E-state index in [2.05, 4.69) is 44.2 Å². The second-order valence-corrected chi connectivity index (χ2v) is 8.01. The van der Waals surface area contributed by atoms with Crippen LogP contribution in [0.4, 0.5) is 0 Å². The third kappa shape index (κ3) is 4.49. The highest BCUT2D eigenvalue weighted by Gasteiger charge is 2.23. The Kier molecular flexibility index (Phi) is 5.97. The highest BCUT2D eigenvalue weighted by atomic mass is 14.3. The average molecular weight is 311 g/mol. The number of benzene rings is 1. The molecule has 1 atom stereocenters. The number of rotatable bonds is 5. The maximum Gasteiger partial charge on any atom is -0.0248 e. The normalized spacial score (nSPS) is 28.0. The van der Waals surface area contributed by atoms with Gasteiger partial charge in [0.25, 0.3) is 0 Å². The first-order valence-corrected chi connectivity index (χ1v) is 10.0. The standard InChI is InChI=1S/C23H34/c1-3-5-20-12-14-23-17-21(13-15-22(23)16-20)11-10-19-8-6-18(4-2)7-9-19/h3,5,12,14,16,18-19,21H,4,6-11,13,15,17H2,1-2H3/b5-3+. The van der Waals surface area contributed by atoms with Gasteiger partial charge < -0.3 is 0 Å². The van der Waals surface area contributed by atoms with E-state index < -0.39 is 0 Å². The first-order chi connectivity index (χ1) is 11.3. The summed E-state index contributed by atoms with van der Waals surface area (Å²) in [7, 11) is 0. The van der Waals surface area contributed by atoms with Gasteiger partial charge in [0.1, 0.15) is 0 Å². The second kappa shape index (κ2) is 8.18. The molecular formula is C23H34. The van der Waals surface area contributed by atoms with Gasteiger partial charge in [-0.1, -0.05) is 75.8 Å². The van der Waals surface area contributed by atoms with Crippen LogP contribution in [-0.4, -0.2) is 0 Å². The zero-order valence-corrected chi connectivity index (χ0v) is 15.2. The fraction of sp³-hybridized carbons (Fsp3) is 0.652. The molecule has 1 saturated carbocycles. The third-order valence-corrected chi connectivity index (χ3v) is 6.45. The summed E-state index contributed by atoms with van der Waals surface area (Å²) >= 11 is 0. The van der Waals surface area contributed by atoms with Gasteiger partial charge in [-0.15, -0.1) is 0 Å². The fourth-order valence-electron chi connectivity index (χ4n) is 4.79. The lowest BCUT2D eigenvalue weighted by Gasteiger charge is -2.30. The first-order valence-electron chi connectivity index (χ1n) is 10.0. The van der Waals surface area contributed by atoms with Crippen LogP contribution in [0.2, 0.25) is 0 Å². The van der Waals surface area contributed by atoms with Crippen LogP contribution in [0.25, 0.3) is 6.08 Å². The highest BCUT2D eigenvalue weighted by Crippen LogP contribution is 2.36. The molecule has 0 saturated heterocycles. The van der Waals surface area contributed by atoms with Crippen LogP contribution < -0.4 is 0 Å². The van der Waals surface area contributed by atoms with Crippen molar-refractivity contribution in [2.45, 2.75) is 78.1 Å². The van der Waals surface area contributed by atoms with E-state index >= 15 is 0 Å². The first kappa shape index (κ1) is 16.8. The summed E-state index contributed by atoms with van der Waals surface area (Å²) in [5.41, 5.74) is 4.61. The monoisotopic (exact) mass is 310 g/mol. The van der Waals surface area contributed by atoms with Gasteiger partial charge in [0.05, 0.1) is 0 Å². The van der Waals surface area contributed by atoms with Gasteiger partial charge in [0, 0.05) is 0 Å². The summed E-state index contributed by atoms with van der Waals surface area (Å²) in [4.78, 5) is 0. The molecule has 0 N–H and O–H groups in total. The molecule has 0 nitrogen and oxygen atoms in total. The van der Waals surface area contributed by atoms with Gasteiger partial charge in [-0.05, 0) is 67.1 Å². The predicted molar refractivity (Wildman–Crippen MR) is 102 cm³/mol. The maximum absolute atomic E-state index is 2.41. The molecule has 1 aromatic carbocycles. The zero-order valence-electron chi connectivity index (χ0n) is 15.2. The van der Waals surface area contributed by atoms with Crippen molar-refractivity contribution in [3.63, 3.8) is 0 Å². The topological polar surface area (TPSA) is 0 Å². The van der Waals surface area contributed by atoms with Crippen molar-refractivity contribution < 1.29 is 0 Å². The van der Waals surface area contributed by atoms with Crippen molar-refractivity contribution in [1.29, 1.82) is 0 Å². The molecule has 0 aliphatic heterocycles. The van der Waals surface area contributed by atoms with E-state index in [0.717, 1.165) is 17.8 Å². The molecule has 0 amide bonds. The summed E-state index contributed by atoms with van der Waals surface area (Å²) in [5, 5.41) is 0. The molecule has 0 heterocycles. The van der Waals surface area contributed by atoms with Crippen LogP contribution in [-0.2, 0) is 12.8 Å². The minimum absolute atomic E-state index is 0.943. The van der Waals surface area contributed by atoms with Gasteiger partial charge >= 0.3 is 0 Å². The average Bonchev–Trinajstić information content (AvgIpc) is 2.60. The highest BCUT2D eigenvalue weighted by molar-refractivity contribution is 5.52. The van der Waals surface area contributed by atoms with Gasteiger partial charge in [0.15, 0.2) is 0 Å². The molecule has 1 unspecified atom stereocenters.